The van der Waals surface area contributed by atoms with E-state index in [2.05, 4.69) is 0 Å². The lowest BCUT2D eigenvalue weighted by Gasteiger charge is -2.10. The fourth-order valence-corrected chi connectivity index (χ4v) is 1.90. The highest BCUT2D eigenvalue weighted by molar-refractivity contribution is 5.84. The summed E-state index contributed by atoms with van der Waals surface area (Å²) in [5.74, 6) is 0.548. The van der Waals surface area contributed by atoms with Crippen molar-refractivity contribution in [1.82, 2.24) is 0 Å². The zero-order valence-electron chi connectivity index (χ0n) is 10.6. The smallest absolute Gasteiger partial charge is 0.153 e. The Labute approximate surface area is 110 Å². The van der Waals surface area contributed by atoms with E-state index in [9.17, 15) is 9.18 Å². The molecule has 0 saturated carbocycles. The Balaban J connectivity index is 2.56. The largest absolute Gasteiger partial charge is 0.496 e. The molecule has 0 fully saturated rings. The number of ether oxygens (including phenoxy) is 2. The van der Waals surface area contributed by atoms with Crippen molar-refractivity contribution in [3.05, 3.63) is 47.8 Å². The maximum atomic E-state index is 13.2. The number of hydrogen-bond acceptors (Lipinski definition) is 3. The maximum Gasteiger partial charge on any atom is 0.153 e. The second kappa shape index (κ2) is 5.52. The second-order valence-electron chi connectivity index (χ2n) is 3.92. The molecule has 0 unspecified atom stereocenters. The Bertz CT molecular complexity index is 608. The molecule has 0 amide bonds. The standard InChI is InChI=1S/C15H13FO3/c1-18-14-6-3-10(7-11(14)9-17)13-5-4-12(16)8-15(13)19-2/h3-9H,1-2H3. The van der Waals surface area contributed by atoms with E-state index < -0.39 is 0 Å². The van der Waals surface area contributed by atoms with Crippen molar-refractivity contribution in [2.45, 2.75) is 0 Å². The minimum atomic E-state index is -0.371. The van der Waals surface area contributed by atoms with Crippen molar-refractivity contribution < 1.29 is 18.7 Å². The summed E-state index contributed by atoms with van der Waals surface area (Å²) in [6.07, 6.45) is 0.721. The zero-order chi connectivity index (χ0) is 13.8. The van der Waals surface area contributed by atoms with Crippen LogP contribution >= 0.6 is 0 Å². The first-order valence-electron chi connectivity index (χ1n) is 5.66. The van der Waals surface area contributed by atoms with E-state index in [1.165, 1.54) is 26.4 Å². The monoisotopic (exact) mass is 260 g/mol. The summed E-state index contributed by atoms with van der Waals surface area (Å²) in [5, 5.41) is 0. The van der Waals surface area contributed by atoms with Crippen LogP contribution in [0.4, 0.5) is 4.39 Å². The quantitative estimate of drug-likeness (QED) is 0.791. The van der Waals surface area contributed by atoms with Gasteiger partial charge in [0.05, 0.1) is 19.8 Å². The number of aldehydes is 1. The van der Waals surface area contributed by atoms with Crippen LogP contribution in [0, 0.1) is 5.82 Å². The van der Waals surface area contributed by atoms with Gasteiger partial charge in [0.2, 0.25) is 0 Å². The highest BCUT2D eigenvalue weighted by atomic mass is 19.1. The maximum absolute atomic E-state index is 13.2. The molecule has 0 aliphatic heterocycles. The predicted octanol–water partition coefficient (Wildman–Crippen LogP) is 3.32. The third-order valence-electron chi connectivity index (χ3n) is 2.83. The van der Waals surface area contributed by atoms with E-state index in [1.54, 1.807) is 24.3 Å². The van der Waals surface area contributed by atoms with Gasteiger partial charge in [0, 0.05) is 11.6 Å². The number of benzene rings is 2. The summed E-state index contributed by atoms with van der Waals surface area (Å²) in [7, 11) is 2.98. The highest BCUT2D eigenvalue weighted by Gasteiger charge is 2.10. The number of rotatable bonds is 4. The minimum absolute atomic E-state index is 0.371. The van der Waals surface area contributed by atoms with Gasteiger partial charge in [0.1, 0.15) is 17.3 Å². The van der Waals surface area contributed by atoms with Gasteiger partial charge in [-0.2, -0.15) is 0 Å². The van der Waals surface area contributed by atoms with Gasteiger partial charge in [0.15, 0.2) is 6.29 Å². The molecule has 3 nitrogen and oxygen atoms in total. The van der Waals surface area contributed by atoms with Crippen LogP contribution < -0.4 is 9.47 Å². The number of carbonyl (C=O) groups excluding carboxylic acids is 1. The molecule has 0 spiro atoms. The lowest BCUT2D eigenvalue weighted by molar-refractivity contribution is 0.112. The third-order valence-corrected chi connectivity index (χ3v) is 2.83. The summed E-state index contributed by atoms with van der Waals surface area (Å²) < 4.78 is 23.4. The first-order valence-corrected chi connectivity index (χ1v) is 5.66. The lowest BCUT2D eigenvalue weighted by atomic mass is 10.0. The van der Waals surface area contributed by atoms with E-state index in [4.69, 9.17) is 9.47 Å². The summed E-state index contributed by atoms with van der Waals surface area (Å²) in [6, 6.07) is 9.44. The minimum Gasteiger partial charge on any atom is -0.496 e. The molecule has 2 aromatic rings. The molecule has 4 heteroatoms. The van der Waals surface area contributed by atoms with Gasteiger partial charge in [-0.25, -0.2) is 4.39 Å². The van der Waals surface area contributed by atoms with Crippen LogP contribution in [-0.4, -0.2) is 20.5 Å². The average Bonchev–Trinajstić information content (AvgIpc) is 2.46. The molecule has 0 heterocycles. The van der Waals surface area contributed by atoms with Crippen molar-refractivity contribution >= 4 is 6.29 Å². The molecule has 19 heavy (non-hydrogen) atoms. The van der Waals surface area contributed by atoms with E-state index in [0.29, 0.717) is 17.1 Å². The Hall–Kier alpha value is -2.36. The van der Waals surface area contributed by atoms with Crippen LogP contribution in [0.15, 0.2) is 36.4 Å². The Morgan fingerprint density at radius 2 is 1.74 bits per heavy atom. The van der Waals surface area contributed by atoms with Crippen molar-refractivity contribution in [2.75, 3.05) is 14.2 Å². The van der Waals surface area contributed by atoms with E-state index in [0.717, 1.165) is 17.4 Å². The van der Waals surface area contributed by atoms with Gasteiger partial charge in [-0.05, 0) is 29.8 Å². The van der Waals surface area contributed by atoms with E-state index in [1.807, 2.05) is 0 Å². The second-order valence-corrected chi connectivity index (χ2v) is 3.92. The molecule has 0 radical (unpaired) electrons. The van der Waals surface area contributed by atoms with E-state index >= 15 is 0 Å². The molecular weight excluding hydrogens is 247 g/mol. The highest BCUT2D eigenvalue weighted by Crippen LogP contribution is 2.32. The molecule has 0 saturated heterocycles. The van der Waals surface area contributed by atoms with Gasteiger partial charge in [-0.3, -0.25) is 4.79 Å². The molecule has 0 N–H and O–H groups in total. The topological polar surface area (TPSA) is 35.5 Å². The predicted molar refractivity (Wildman–Crippen MR) is 70.3 cm³/mol. The SMILES string of the molecule is COc1ccc(-c2ccc(F)cc2OC)cc1C=O. The summed E-state index contributed by atoms with van der Waals surface area (Å²) in [4.78, 5) is 11.0. The van der Waals surface area contributed by atoms with Crippen molar-refractivity contribution in [1.29, 1.82) is 0 Å². The van der Waals surface area contributed by atoms with Gasteiger partial charge in [-0.15, -0.1) is 0 Å². The summed E-state index contributed by atoms with van der Waals surface area (Å²) in [6.45, 7) is 0. The normalized spacial score (nSPS) is 10.1. The Morgan fingerprint density at radius 3 is 2.37 bits per heavy atom. The third kappa shape index (κ3) is 2.57. The summed E-state index contributed by atoms with van der Waals surface area (Å²) in [5.41, 5.74) is 1.92. The van der Waals surface area contributed by atoms with Gasteiger partial charge in [0.25, 0.3) is 0 Å². The van der Waals surface area contributed by atoms with Crippen LogP contribution in [0.25, 0.3) is 11.1 Å². The first-order chi connectivity index (χ1) is 9.19. The Morgan fingerprint density at radius 1 is 1.00 bits per heavy atom. The van der Waals surface area contributed by atoms with Crippen LogP contribution in [0.3, 0.4) is 0 Å². The Kier molecular flexibility index (Phi) is 3.80. The first kappa shape index (κ1) is 13.1. The molecule has 2 aromatic carbocycles. The number of carbonyl (C=O) groups is 1. The molecule has 0 atom stereocenters. The van der Waals surface area contributed by atoms with Crippen molar-refractivity contribution in [3.63, 3.8) is 0 Å². The summed E-state index contributed by atoms with van der Waals surface area (Å²) >= 11 is 0. The zero-order valence-corrected chi connectivity index (χ0v) is 10.6. The van der Waals surface area contributed by atoms with Crippen LogP contribution in [0.1, 0.15) is 10.4 Å². The lowest BCUT2D eigenvalue weighted by Crippen LogP contribution is -1.93. The van der Waals surface area contributed by atoms with Crippen molar-refractivity contribution in [2.24, 2.45) is 0 Å². The van der Waals surface area contributed by atoms with E-state index in [-0.39, 0.29) is 5.82 Å². The van der Waals surface area contributed by atoms with Crippen molar-refractivity contribution in [3.8, 4) is 22.6 Å². The molecule has 0 aliphatic rings. The number of methoxy groups -OCH3 is 2. The van der Waals surface area contributed by atoms with Crippen LogP contribution in [-0.2, 0) is 0 Å². The van der Waals surface area contributed by atoms with Gasteiger partial charge >= 0.3 is 0 Å². The average molecular weight is 260 g/mol. The van der Waals surface area contributed by atoms with Crippen LogP contribution in [0.2, 0.25) is 0 Å². The molecule has 0 bridgehead atoms. The number of hydrogen-bond donors (Lipinski definition) is 0. The molecule has 98 valence electrons. The van der Waals surface area contributed by atoms with Gasteiger partial charge in [-0.1, -0.05) is 6.07 Å². The molecule has 2 rings (SSSR count). The molecule has 0 aliphatic carbocycles. The number of halogens is 1. The fourth-order valence-electron chi connectivity index (χ4n) is 1.90. The van der Waals surface area contributed by atoms with Crippen LogP contribution in [0.5, 0.6) is 11.5 Å². The fraction of sp³-hybridized carbons (Fsp3) is 0.133. The molecular formula is C15H13FO3. The van der Waals surface area contributed by atoms with Gasteiger partial charge < -0.3 is 9.47 Å². The molecule has 0 aromatic heterocycles.